The van der Waals surface area contributed by atoms with Crippen molar-refractivity contribution in [3.63, 3.8) is 0 Å². The van der Waals surface area contributed by atoms with Gasteiger partial charge in [0.15, 0.2) is 6.29 Å². The van der Waals surface area contributed by atoms with Crippen LogP contribution in [0.2, 0.25) is 0 Å². The van der Waals surface area contributed by atoms with Gasteiger partial charge in [-0.15, -0.1) is 0 Å². The zero-order chi connectivity index (χ0) is 20.4. The Hall–Kier alpha value is -2.23. The van der Waals surface area contributed by atoms with Crippen molar-refractivity contribution in [3.8, 4) is 5.75 Å². The van der Waals surface area contributed by atoms with E-state index in [9.17, 15) is 20.1 Å². The van der Waals surface area contributed by atoms with Crippen LogP contribution in [0.5, 0.6) is 5.75 Å². The fraction of sp³-hybridized carbons (Fsp3) is 0.450. The van der Waals surface area contributed by atoms with Crippen molar-refractivity contribution in [2.75, 3.05) is 13.7 Å². The highest BCUT2D eigenvalue weighted by Gasteiger charge is 2.44. The maximum Gasteiger partial charge on any atom is 0.227 e. The van der Waals surface area contributed by atoms with Crippen LogP contribution in [0, 0.1) is 0 Å². The molecular weight excluding hydrogens is 366 g/mol. The summed E-state index contributed by atoms with van der Waals surface area (Å²) in [6.07, 6.45) is -5.56. The van der Waals surface area contributed by atoms with Gasteiger partial charge in [-0.2, -0.15) is 0 Å². The minimum absolute atomic E-state index is 0.436. The lowest BCUT2D eigenvalue weighted by molar-refractivity contribution is -0.253. The second kappa shape index (κ2) is 8.42. The fourth-order valence-corrected chi connectivity index (χ4v) is 3.33. The molecule has 0 spiro atoms. The van der Waals surface area contributed by atoms with Gasteiger partial charge in [0.05, 0.1) is 19.6 Å². The first kappa shape index (κ1) is 20.5. The first-order valence-corrected chi connectivity index (χ1v) is 9.04. The van der Waals surface area contributed by atoms with Crippen LogP contribution in [0.1, 0.15) is 18.4 Å². The second-order valence-corrected chi connectivity index (χ2v) is 6.96. The van der Waals surface area contributed by atoms with Gasteiger partial charge >= 0.3 is 0 Å². The lowest BCUT2D eigenvalue weighted by atomic mass is 9.94. The number of carbonyl (C=O) groups excluding carboxylic acids is 1. The number of amides is 1. The molecule has 1 fully saturated rings. The van der Waals surface area contributed by atoms with Crippen LogP contribution >= 0.6 is 0 Å². The van der Waals surface area contributed by atoms with Crippen LogP contribution in [0.3, 0.4) is 0 Å². The Morgan fingerprint density at radius 1 is 1.14 bits per heavy atom. The summed E-state index contributed by atoms with van der Waals surface area (Å²) in [6.45, 7) is 1.14. The van der Waals surface area contributed by atoms with Gasteiger partial charge in [0, 0.05) is 0 Å². The van der Waals surface area contributed by atoms with Crippen molar-refractivity contribution in [2.24, 2.45) is 0 Å². The molecule has 0 radical (unpaired) electrons. The summed E-state index contributed by atoms with van der Waals surface area (Å²) in [5.41, 5.74) is 0.754. The quantitative estimate of drug-likeness (QED) is 0.480. The minimum atomic E-state index is -1.55. The Morgan fingerprint density at radius 2 is 1.82 bits per heavy atom. The molecule has 2 aromatic rings. The van der Waals surface area contributed by atoms with E-state index in [1.165, 1.54) is 0 Å². The number of fused-ring (bicyclic) bond motifs is 1. The molecule has 0 saturated carbocycles. The third-order valence-electron chi connectivity index (χ3n) is 5.17. The molecule has 1 amide bonds. The standard InChI is InChI=1S/C20H25NO7/c1-10(11-3-4-13-8-14(27-2)6-5-12(13)7-11)19(25)21-16-18(24)17(23)15(9-22)28-20(16)26/h3-8,10,15-18,20,22-24,26H,9H2,1-2H3,(H,21,25)/t10-,15+,16+,17+,18+,20?/m0/s1. The van der Waals surface area contributed by atoms with E-state index in [2.05, 4.69) is 5.32 Å². The van der Waals surface area contributed by atoms with Crippen LogP contribution in [0.4, 0.5) is 0 Å². The predicted octanol–water partition coefficient (Wildman–Crippen LogP) is -0.132. The van der Waals surface area contributed by atoms with E-state index in [1.807, 2.05) is 36.4 Å². The van der Waals surface area contributed by atoms with Gasteiger partial charge in [-0.3, -0.25) is 4.79 Å². The van der Waals surface area contributed by atoms with Crippen molar-refractivity contribution in [2.45, 2.75) is 43.5 Å². The highest BCUT2D eigenvalue weighted by Crippen LogP contribution is 2.26. The van der Waals surface area contributed by atoms with Crippen molar-refractivity contribution in [1.82, 2.24) is 5.32 Å². The molecule has 1 unspecified atom stereocenters. The average molecular weight is 391 g/mol. The Labute approximate surface area is 162 Å². The summed E-state index contributed by atoms with van der Waals surface area (Å²) < 4.78 is 10.3. The Balaban J connectivity index is 1.74. The highest BCUT2D eigenvalue weighted by atomic mass is 16.6. The van der Waals surface area contributed by atoms with Gasteiger partial charge < -0.3 is 35.2 Å². The molecule has 3 rings (SSSR count). The highest BCUT2D eigenvalue weighted by molar-refractivity contribution is 5.88. The average Bonchev–Trinajstić information content (AvgIpc) is 2.72. The SMILES string of the molecule is COc1ccc2cc([C@H](C)C(=O)N[C@H]3C(O)O[C@H](CO)[C@@H](O)[C@@H]3O)ccc2c1. The second-order valence-electron chi connectivity index (χ2n) is 6.96. The minimum Gasteiger partial charge on any atom is -0.497 e. The molecule has 0 aliphatic carbocycles. The van der Waals surface area contributed by atoms with Gasteiger partial charge in [0.2, 0.25) is 5.91 Å². The number of methoxy groups -OCH3 is 1. The molecule has 5 N–H and O–H groups in total. The van der Waals surface area contributed by atoms with Crippen molar-refractivity contribution >= 4 is 16.7 Å². The largest absolute Gasteiger partial charge is 0.497 e. The molecular formula is C20H25NO7. The maximum absolute atomic E-state index is 12.7. The summed E-state index contributed by atoms with van der Waals surface area (Å²) in [6, 6.07) is 10.0. The predicted molar refractivity (Wildman–Crippen MR) is 101 cm³/mol. The molecule has 28 heavy (non-hydrogen) atoms. The van der Waals surface area contributed by atoms with Gasteiger partial charge in [0.1, 0.15) is 30.1 Å². The lowest BCUT2D eigenvalue weighted by Crippen LogP contribution is -2.64. The molecule has 8 heteroatoms. The van der Waals surface area contributed by atoms with Crippen molar-refractivity contribution in [1.29, 1.82) is 0 Å². The summed E-state index contributed by atoms with van der Waals surface area (Å²) >= 11 is 0. The summed E-state index contributed by atoms with van der Waals surface area (Å²) in [4.78, 5) is 12.7. The number of hydrogen-bond acceptors (Lipinski definition) is 7. The normalized spacial score (nSPS) is 28.7. The molecule has 1 saturated heterocycles. The lowest BCUT2D eigenvalue weighted by Gasteiger charge is -2.40. The first-order chi connectivity index (χ1) is 13.3. The molecule has 0 bridgehead atoms. The van der Waals surface area contributed by atoms with E-state index in [0.717, 1.165) is 22.1 Å². The van der Waals surface area contributed by atoms with Gasteiger partial charge in [-0.1, -0.05) is 24.3 Å². The number of ether oxygens (including phenoxy) is 2. The number of nitrogens with one attached hydrogen (secondary N) is 1. The number of rotatable bonds is 5. The molecule has 1 aliphatic heterocycles. The monoisotopic (exact) mass is 391 g/mol. The number of aliphatic hydroxyl groups is 4. The van der Waals surface area contributed by atoms with Gasteiger partial charge in [-0.05, 0) is 35.4 Å². The number of hydrogen-bond donors (Lipinski definition) is 5. The summed E-state index contributed by atoms with van der Waals surface area (Å²) in [7, 11) is 1.60. The number of carbonyl (C=O) groups is 1. The molecule has 8 nitrogen and oxygen atoms in total. The molecule has 152 valence electrons. The van der Waals surface area contributed by atoms with Crippen molar-refractivity contribution in [3.05, 3.63) is 42.0 Å². The van der Waals surface area contributed by atoms with E-state index in [-0.39, 0.29) is 0 Å². The Morgan fingerprint density at radius 3 is 2.50 bits per heavy atom. The third-order valence-corrected chi connectivity index (χ3v) is 5.17. The Kier molecular flexibility index (Phi) is 6.17. The Bertz CT molecular complexity index is 842. The van der Waals surface area contributed by atoms with E-state index in [0.29, 0.717) is 0 Å². The van der Waals surface area contributed by atoms with E-state index in [4.69, 9.17) is 14.6 Å². The number of benzene rings is 2. The van der Waals surface area contributed by atoms with Crippen LogP contribution < -0.4 is 10.1 Å². The zero-order valence-corrected chi connectivity index (χ0v) is 15.6. The van der Waals surface area contributed by atoms with E-state index in [1.54, 1.807) is 14.0 Å². The summed E-state index contributed by atoms with van der Waals surface area (Å²) in [5.74, 6) is -0.265. The topological polar surface area (TPSA) is 128 Å². The molecule has 0 aromatic heterocycles. The molecule has 1 aliphatic rings. The molecule has 1 heterocycles. The van der Waals surface area contributed by atoms with Gasteiger partial charge in [0.25, 0.3) is 0 Å². The zero-order valence-electron chi connectivity index (χ0n) is 15.6. The van der Waals surface area contributed by atoms with Crippen molar-refractivity contribution < 1.29 is 34.7 Å². The molecule has 2 aromatic carbocycles. The van der Waals surface area contributed by atoms with E-state index >= 15 is 0 Å². The molecule has 6 atom stereocenters. The fourth-order valence-electron chi connectivity index (χ4n) is 3.33. The maximum atomic E-state index is 12.7. The van der Waals surface area contributed by atoms with Crippen LogP contribution in [-0.2, 0) is 9.53 Å². The number of aliphatic hydroxyl groups excluding tert-OH is 4. The van der Waals surface area contributed by atoms with E-state index < -0.39 is 49.1 Å². The summed E-state index contributed by atoms with van der Waals surface area (Å²) in [5, 5.41) is 43.7. The smallest absolute Gasteiger partial charge is 0.227 e. The van der Waals surface area contributed by atoms with Crippen LogP contribution in [-0.4, -0.2) is 70.7 Å². The first-order valence-electron chi connectivity index (χ1n) is 9.04. The van der Waals surface area contributed by atoms with Gasteiger partial charge in [-0.25, -0.2) is 0 Å². The van der Waals surface area contributed by atoms with Crippen LogP contribution in [0.15, 0.2) is 36.4 Å². The third kappa shape index (κ3) is 3.96. The van der Waals surface area contributed by atoms with Crippen LogP contribution in [0.25, 0.3) is 10.8 Å².